The van der Waals surface area contributed by atoms with Gasteiger partial charge in [-0.2, -0.15) is 0 Å². The third-order valence-electron chi connectivity index (χ3n) is 4.12. The van der Waals surface area contributed by atoms with Crippen LogP contribution in [-0.4, -0.2) is 18.5 Å². The molecule has 0 atom stereocenters. The molecule has 0 radical (unpaired) electrons. The smallest absolute Gasteiger partial charge is 0.338 e. The van der Waals surface area contributed by atoms with Crippen molar-refractivity contribution in [1.82, 2.24) is 0 Å². The number of anilines is 1. The molecule has 1 aliphatic rings. The first-order valence-corrected chi connectivity index (χ1v) is 8.07. The highest BCUT2D eigenvalue weighted by Crippen LogP contribution is 2.22. The van der Waals surface area contributed by atoms with Gasteiger partial charge in [-0.25, -0.2) is 13.6 Å². The summed E-state index contributed by atoms with van der Waals surface area (Å²) in [6.07, 6.45) is 4.21. The normalized spacial score (nSPS) is 13.0. The maximum Gasteiger partial charge on any atom is 0.338 e. The molecule has 2 aromatic rings. The second kappa shape index (κ2) is 7.42. The average Bonchev–Trinajstić information content (AvgIpc) is 2.62. The molecule has 3 rings (SSSR count). The van der Waals surface area contributed by atoms with Gasteiger partial charge in [-0.3, -0.25) is 4.79 Å². The lowest BCUT2D eigenvalue weighted by Crippen LogP contribution is -2.21. The van der Waals surface area contributed by atoms with Gasteiger partial charge >= 0.3 is 5.97 Å². The molecule has 0 bridgehead atoms. The topological polar surface area (TPSA) is 55.4 Å². The van der Waals surface area contributed by atoms with Crippen LogP contribution < -0.4 is 5.32 Å². The van der Waals surface area contributed by atoms with E-state index < -0.39 is 30.1 Å². The molecule has 4 nitrogen and oxygen atoms in total. The third kappa shape index (κ3) is 4.21. The summed E-state index contributed by atoms with van der Waals surface area (Å²) in [6, 6.07) is 8.42. The van der Waals surface area contributed by atoms with Gasteiger partial charge in [0, 0.05) is 11.8 Å². The van der Waals surface area contributed by atoms with E-state index in [0.717, 1.165) is 43.4 Å². The minimum Gasteiger partial charge on any atom is -0.452 e. The van der Waals surface area contributed by atoms with E-state index in [9.17, 15) is 18.4 Å². The van der Waals surface area contributed by atoms with Crippen LogP contribution in [0.25, 0.3) is 0 Å². The van der Waals surface area contributed by atoms with Gasteiger partial charge in [0.05, 0.1) is 5.56 Å². The summed E-state index contributed by atoms with van der Waals surface area (Å²) in [7, 11) is 0. The molecule has 0 spiro atoms. The molecule has 1 N–H and O–H groups in total. The second-order valence-corrected chi connectivity index (χ2v) is 5.94. The Bertz CT molecular complexity index is 820. The number of amides is 1. The summed E-state index contributed by atoms with van der Waals surface area (Å²) in [5, 5.41) is 2.34. The van der Waals surface area contributed by atoms with Gasteiger partial charge in [-0.15, -0.1) is 0 Å². The van der Waals surface area contributed by atoms with Crippen molar-refractivity contribution in [2.75, 3.05) is 11.9 Å². The van der Waals surface area contributed by atoms with Crippen LogP contribution >= 0.6 is 0 Å². The van der Waals surface area contributed by atoms with Gasteiger partial charge in [-0.05, 0) is 61.1 Å². The number of aryl methyl sites for hydroxylation is 2. The largest absolute Gasteiger partial charge is 0.452 e. The Morgan fingerprint density at radius 3 is 2.48 bits per heavy atom. The Morgan fingerprint density at radius 1 is 0.960 bits per heavy atom. The van der Waals surface area contributed by atoms with Crippen molar-refractivity contribution in [1.29, 1.82) is 0 Å². The lowest BCUT2D eigenvalue weighted by molar-refractivity contribution is -0.119. The van der Waals surface area contributed by atoms with Gasteiger partial charge in [0.1, 0.15) is 0 Å². The number of nitrogens with one attached hydrogen (secondary N) is 1. The average molecular weight is 345 g/mol. The fourth-order valence-electron chi connectivity index (χ4n) is 2.85. The zero-order valence-electron chi connectivity index (χ0n) is 13.5. The highest BCUT2D eigenvalue weighted by Gasteiger charge is 2.15. The minimum absolute atomic E-state index is 0.0914. The maximum absolute atomic E-state index is 13.1. The molecule has 1 amide bonds. The summed E-state index contributed by atoms with van der Waals surface area (Å²) >= 11 is 0. The van der Waals surface area contributed by atoms with Crippen LogP contribution in [0.5, 0.6) is 0 Å². The van der Waals surface area contributed by atoms with E-state index in [1.807, 2.05) is 12.1 Å². The maximum atomic E-state index is 13.1. The Morgan fingerprint density at radius 2 is 1.72 bits per heavy atom. The summed E-state index contributed by atoms with van der Waals surface area (Å²) in [5.74, 6) is -3.29. The van der Waals surface area contributed by atoms with Crippen molar-refractivity contribution in [2.24, 2.45) is 0 Å². The van der Waals surface area contributed by atoms with Crippen molar-refractivity contribution >= 4 is 17.6 Å². The van der Waals surface area contributed by atoms with E-state index in [2.05, 4.69) is 5.32 Å². The first-order valence-electron chi connectivity index (χ1n) is 8.07. The molecule has 0 saturated carbocycles. The first kappa shape index (κ1) is 17.1. The zero-order chi connectivity index (χ0) is 17.8. The predicted molar refractivity (Wildman–Crippen MR) is 88.4 cm³/mol. The number of esters is 1. The van der Waals surface area contributed by atoms with Crippen LogP contribution in [0.2, 0.25) is 0 Å². The molecule has 0 aromatic heterocycles. The van der Waals surface area contributed by atoms with E-state index in [-0.39, 0.29) is 5.69 Å². The Labute approximate surface area is 143 Å². The standard InChI is InChI=1S/C19H17F2NO3/c20-16-8-7-15(10-17(16)21)22-18(23)11-25-19(24)14-6-5-12-3-1-2-4-13(12)9-14/h5-10H,1-4,11H2,(H,22,23). The van der Waals surface area contributed by atoms with E-state index in [0.29, 0.717) is 5.56 Å². The number of ether oxygens (including phenoxy) is 1. The van der Waals surface area contributed by atoms with E-state index in [1.165, 1.54) is 11.6 Å². The number of benzene rings is 2. The van der Waals surface area contributed by atoms with E-state index >= 15 is 0 Å². The van der Waals surface area contributed by atoms with Gasteiger partial charge < -0.3 is 10.1 Å². The monoisotopic (exact) mass is 345 g/mol. The number of carbonyl (C=O) groups is 2. The molecule has 1 aliphatic carbocycles. The Balaban J connectivity index is 1.56. The molecule has 0 saturated heterocycles. The Hall–Kier alpha value is -2.76. The molecule has 130 valence electrons. The number of hydrogen-bond donors (Lipinski definition) is 1. The van der Waals surface area contributed by atoms with Crippen LogP contribution in [0.15, 0.2) is 36.4 Å². The highest BCUT2D eigenvalue weighted by atomic mass is 19.2. The number of carbonyl (C=O) groups excluding carboxylic acids is 2. The van der Waals surface area contributed by atoms with E-state index in [1.54, 1.807) is 6.07 Å². The van der Waals surface area contributed by atoms with Crippen molar-refractivity contribution in [3.05, 3.63) is 64.7 Å². The zero-order valence-corrected chi connectivity index (χ0v) is 13.5. The first-order chi connectivity index (χ1) is 12.0. The van der Waals surface area contributed by atoms with Crippen molar-refractivity contribution in [3.8, 4) is 0 Å². The fraction of sp³-hybridized carbons (Fsp3) is 0.263. The Kier molecular flexibility index (Phi) is 5.07. The quantitative estimate of drug-likeness (QED) is 0.861. The number of fused-ring (bicyclic) bond motifs is 1. The fourth-order valence-corrected chi connectivity index (χ4v) is 2.85. The highest BCUT2D eigenvalue weighted by molar-refractivity contribution is 5.95. The van der Waals surface area contributed by atoms with Gasteiger partial charge in [0.25, 0.3) is 5.91 Å². The van der Waals surface area contributed by atoms with Crippen LogP contribution in [0.1, 0.15) is 34.3 Å². The lowest BCUT2D eigenvalue weighted by Gasteiger charge is -2.16. The number of hydrogen-bond acceptors (Lipinski definition) is 3. The van der Waals surface area contributed by atoms with Gasteiger partial charge in [0.2, 0.25) is 0 Å². The molecule has 0 unspecified atom stereocenters. The van der Waals surface area contributed by atoms with E-state index in [4.69, 9.17) is 4.74 Å². The van der Waals surface area contributed by atoms with Crippen LogP contribution in [0, 0.1) is 11.6 Å². The van der Waals surface area contributed by atoms with Crippen molar-refractivity contribution < 1.29 is 23.1 Å². The summed E-state index contributed by atoms with van der Waals surface area (Å²) in [4.78, 5) is 23.8. The molecular weight excluding hydrogens is 328 g/mol. The second-order valence-electron chi connectivity index (χ2n) is 5.94. The number of rotatable bonds is 4. The molecule has 6 heteroatoms. The van der Waals surface area contributed by atoms with Crippen molar-refractivity contribution in [3.63, 3.8) is 0 Å². The van der Waals surface area contributed by atoms with Crippen LogP contribution in [-0.2, 0) is 22.4 Å². The molecule has 25 heavy (non-hydrogen) atoms. The van der Waals surface area contributed by atoms with Crippen LogP contribution in [0.3, 0.4) is 0 Å². The van der Waals surface area contributed by atoms with Crippen molar-refractivity contribution in [2.45, 2.75) is 25.7 Å². The molecule has 2 aromatic carbocycles. The van der Waals surface area contributed by atoms with Crippen LogP contribution in [0.4, 0.5) is 14.5 Å². The molecule has 0 heterocycles. The number of halogens is 2. The SMILES string of the molecule is O=C(COC(=O)c1ccc2c(c1)CCCC2)Nc1ccc(F)c(F)c1. The lowest BCUT2D eigenvalue weighted by atomic mass is 9.90. The third-order valence-corrected chi connectivity index (χ3v) is 4.12. The molecular formula is C19H17F2NO3. The predicted octanol–water partition coefficient (Wildman–Crippen LogP) is 3.64. The molecule has 0 aliphatic heterocycles. The van der Waals surface area contributed by atoms with Gasteiger partial charge in [0.15, 0.2) is 18.2 Å². The summed E-state index contributed by atoms with van der Waals surface area (Å²) in [5.41, 5.74) is 2.89. The van der Waals surface area contributed by atoms with Gasteiger partial charge in [-0.1, -0.05) is 6.07 Å². The summed E-state index contributed by atoms with van der Waals surface area (Å²) in [6.45, 7) is -0.505. The summed E-state index contributed by atoms with van der Waals surface area (Å²) < 4.78 is 30.9. The minimum atomic E-state index is -1.07. The molecule has 0 fully saturated rings.